The normalized spacial score (nSPS) is 28.2. The first-order chi connectivity index (χ1) is 12.0. The second kappa shape index (κ2) is 12.4. The molecule has 0 aromatic heterocycles. The molecule has 0 amide bonds. The van der Waals surface area contributed by atoms with Gasteiger partial charge < -0.3 is 20.1 Å². The van der Waals surface area contributed by atoms with Gasteiger partial charge in [0.15, 0.2) is 0 Å². The lowest BCUT2D eigenvalue weighted by atomic mass is 9.89. The van der Waals surface area contributed by atoms with Gasteiger partial charge in [0.05, 0.1) is 18.3 Å². The van der Waals surface area contributed by atoms with E-state index < -0.39 is 18.3 Å². The zero-order valence-electron chi connectivity index (χ0n) is 15.8. The number of carbonyl (C=O) groups is 1. The van der Waals surface area contributed by atoms with Crippen molar-refractivity contribution in [3.63, 3.8) is 0 Å². The number of hydrogen-bond acceptors (Lipinski definition) is 4. The summed E-state index contributed by atoms with van der Waals surface area (Å²) in [7, 11) is 0. The number of unbranched alkanes of at least 4 members (excludes halogenated alkanes) is 3. The summed E-state index contributed by atoms with van der Waals surface area (Å²) in [6.45, 7) is 3.74. The van der Waals surface area contributed by atoms with E-state index in [2.05, 4.69) is 13.0 Å². The van der Waals surface area contributed by atoms with E-state index in [1.807, 2.05) is 12.2 Å². The number of allylic oxidation sites excluding steroid dienone is 2. The molecule has 1 rings (SSSR count). The summed E-state index contributed by atoms with van der Waals surface area (Å²) in [6, 6.07) is 0. The van der Waals surface area contributed by atoms with Crippen LogP contribution in [0.5, 0.6) is 0 Å². The van der Waals surface area contributed by atoms with E-state index >= 15 is 0 Å². The van der Waals surface area contributed by atoms with Crippen LogP contribution in [0.1, 0.15) is 71.6 Å². The minimum atomic E-state index is -0.551. The molecule has 1 aliphatic rings. The lowest BCUT2D eigenvalue weighted by Crippen LogP contribution is -2.20. The molecule has 1 aliphatic carbocycles. The first kappa shape index (κ1) is 22.1. The molecule has 4 nitrogen and oxygen atoms in total. The molecule has 0 heterocycles. The Balaban J connectivity index is 2.46. The van der Waals surface area contributed by atoms with Gasteiger partial charge >= 0.3 is 0 Å². The highest BCUT2D eigenvalue weighted by Crippen LogP contribution is 2.36. The van der Waals surface area contributed by atoms with Crippen molar-refractivity contribution in [2.24, 2.45) is 11.8 Å². The molecule has 0 aromatic rings. The maximum Gasteiger partial charge on any atom is 0.129 e. The van der Waals surface area contributed by atoms with Crippen molar-refractivity contribution in [2.45, 2.75) is 89.9 Å². The van der Waals surface area contributed by atoms with E-state index in [0.29, 0.717) is 19.3 Å². The van der Waals surface area contributed by atoms with Gasteiger partial charge in [0.1, 0.15) is 5.78 Å². The lowest BCUT2D eigenvalue weighted by molar-refractivity contribution is -0.117. The summed E-state index contributed by atoms with van der Waals surface area (Å²) in [5, 5.41) is 30.4. The lowest BCUT2D eigenvalue weighted by Gasteiger charge is -2.19. The van der Waals surface area contributed by atoms with Crippen LogP contribution in [0.25, 0.3) is 0 Å². The molecule has 1 saturated carbocycles. The van der Waals surface area contributed by atoms with E-state index in [4.69, 9.17) is 0 Å². The average molecular weight is 353 g/mol. The van der Waals surface area contributed by atoms with Crippen LogP contribution >= 0.6 is 0 Å². The number of aliphatic hydroxyl groups is 3. The third-order valence-electron chi connectivity index (χ3n) is 5.05. The van der Waals surface area contributed by atoms with Crippen LogP contribution in [0.15, 0.2) is 24.3 Å². The van der Waals surface area contributed by atoms with Crippen LogP contribution in [0.4, 0.5) is 0 Å². The van der Waals surface area contributed by atoms with E-state index in [9.17, 15) is 20.1 Å². The third-order valence-corrected chi connectivity index (χ3v) is 5.05. The SMILES string of the molecule is CCCCCC(O)/C=C/C1C(O)CC(O)C1C/C=C/CCCC(C)=O. The smallest absolute Gasteiger partial charge is 0.129 e. The monoisotopic (exact) mass is 352 g/mol. The van der Waals surface area contributed by atoms with Gasteiger partial charge in [-0.05, 0) is 38.5 Å². The number of Topliss-reactive ketones (excluding diaryl/α,β-unsaturated/α-hetero) is 1. The van der Waals surface area contributed by atoms with Gasteiger partial charge in [0.25, 0.3) is 0 Å². The average Bonchev–Trinajstić information content (AvgIpc) is 2.82. The van der Waals surface area contributed by atoms with Crippen molar-refractivity contribution in [3.05, 3.63) is 24.3 Å². The summed E-state index contributed by atoms with van der Waals surface area (Å²) in [4.78, 5) is 10.9. The zero-order valence-corrected chi connectivity index (χ0v) is 15.8. The Kier molecular flexibility index (Phi) is 10.9. The van der Waals surface area contributed by atoms with Gasteiger partial charge in [0.2, 0.25) is 0 Å². The number of ketones is 1. The molecular formula is C21H36O4. The maximum atomic E-state index is 10.9. The Morgan fingerprint density at radius 2 is 1.92 bits per heavy atom. The van der Waals surface area contributed by atoms with E-state index in [0.717, 1.165) is 38.5 Å². The summed E-state index contributed by atoms with van der Waals surface area (Å²) >= 11 is 0. The molecular weight excluding hydrogens is 316 g/mol. The number of rotatable bonds is 12. The predicted molar refractivity (Wildman–Crippen MR) is 101 cm³/mol. The highest BCUT2D eigenvalue weighted by Gasteiger charge is 2.39. The molecule has 1 fully saturated rings. The van der Waals surface area contributed by atoms with Crippen LogP contribution in [0.2, 0.25) is 0 Å². The van der Waals surface area contributed by atoms with Gasteiger partial charge in [-0.1, -0.05) is 50.5 Å². The Hall–Kier alpha value is -0.970. The topological polar surface area (TPSA) is 77.8 Å². The molecule has 0 aliphatic heterocycles. The first-order valence-corrected chi connectivity index (χ1v) is 9.82. The molecule has 0 aromatic carbocycles. The first-order valence-electron chi connectivity index (χ1n) is 9.82. The van der Waals surface area contributed by atoms with E-state index in [1.54, 1.807) is 13.0 Å². The molecule has 0 spiro atoms. The van der Waals surface area contributed by atoms with Gasteiger partial charge in [-0.2, -0.15) is 0 Å². The predicted octanol–water partition coefficient (Wildman–Crippen LogP) is 3.55. The molecule has 4 heteroatoms. The summed E-state index contributed by atoms with van der Waals surface area (Å²) < 4.78 is 0. The molecule has 0 radical (unpaired) electrons. The fourth-order valence-electron chi connectivity index (χ4n) is 3.50. The highest BCUT2D eigenvalue weighted by molar-refractivity contribution is 5.75. The fraction of sp³-hybridized carbons (Fsp3) is 0.762. The van der Waals surface area contributed by atoms with Crippen LogP contribution in [0.3, 0.4) is 0 Å². The number of carbonyl (C=O) groups excluding carboxylic acids is 1. The summed E-state index contributed by atoms with van der Waals surface area (Å²) in [5.41, 5.74) is 0. The minimum Gasteiger partial charge on any atom is -0.393 e. The van der Waals surface area contributed by atoms with Crippen LogP contribution < -0.4 is 0 Å². The second-order valence-corrected chi connectivity index (χ2v) is 7.36. The molecule has 3 N–H and O–H groups in total. The molecule has 5 atom stereocenters. The summed E-state index contributed by atoms with van der Waals surface area (Å²) in [6.07, 6.45) is 13.7. The van der Waals surface area contributed by atoms with Crippen LogP contribution in [-0.4, -0.2) is 39.4 Å². The minimum absolute atomic E-state index is 0.0156. The van der Waals surface area contributed by atoms with E-state index in [1.165, 1.54) is 0 Å². The van der Waals surface area contributed by atoms with Crippen molar-refractivity contribution in [1.29, 1.82) is 0 Å². The number of hydrogen-bond donors (Lipinski definition) is 3. The number of aliphatic hydroxyl groups excluding tert-OH is 3. The summed E-state index contributed by atoms with van der Waals surface area (Å²) in [5.74, 6) is 0.0845. The Morgan fingerprint density at radius 3 is 2.60 bits per heavy atom. The van der Waals surface area contributed by atoms with Gasteiger partial charge in [-0.25, -0.2) is 0 Å². The molecule has 144 valence electrons. The van der Waals surface area contributed by atoms with Crippen molar-refractivity contribution >= 4 is 5.78 Å². The van der Waals surface area contributed by atoms with Crippen molar-refractivity contribution in [3.8, 4) is 0 Å². The van der Waals surface area contributed by atoms with Crippen molar-refractivity contribution in [1.82, 2.24) is 0 Å². The Labute approximate surface area is 152 Å². The molecule has 0 bridgehead atoms. The second-order valence-electron chi connectivity index (χ2n) is 7.36. The Morgan fingerprint density at radius 1 is 1.16 bits per heavy atom. The van der Waals surface area contributed by atoms with Crippen molar-refractivity contribution < 1.29 is 20.1 Å². The van der Waals surface area contributed by atoms with Crippen LogP contribution in [-0.2, 0) is 4.79 Å². The van der Waals surface area contributed by atoms with E-state index in [-0.39, 0.29) is 17.6 Å². The standard InChI is InChI=1S/C21H36O4/c1-3-4-7-11-17(23)13-14-19-18(20(24)15-21(19)25)12-9-6-5-8-10-16(2)22/h6,9,13-14,17-21,23-25H,3-5,7-8,10-12,15H2,1-2H3/b9-6+,14-13+. The highest BCUT2D eigenvalue weighted by atomic mass is 16.3. The molecule has 0 saturated heterocycles. The quantitative estimate of drug-likeness (QED) is 0.371. The van der Waals surface area contributed by atoms with Gasteiger partial charge in [0, 0.05) is 18.8 Å². The fourth-order valence-corrected chi connectivity index (χ4v) is 3.50. The molecule has 5 unspecified atom stereocenters. The largest absolute Gasteiger partial charge is 0.393 e. The maximum absolute atomic E-state index is 10.9. The van der Waals surface area contributed by atoms with Crippen LogP contribution in [0, 0.1) is 11.8 Å². The van der Waals surface area contributed by atoms with Gasteiger partial charge in [-0.15, -0.1) is 0 Å². The van der Waals surface area contributed by atoms with Crippen molar-refractivity contribution in [2.75, 3.05) is 0 Å². The zero-order chi connectivity index (χ0) is 18.7. The molecule has 25 heavy (non-hydrogen) atoms. The third kappa shape index (κ3) is 8.80. The van der Waals surface area contributed by atoms with Gasteiger partial charge in [-0.3, -0.25) is 0 Å². The Bertz CT molecular complexity index is 430.